The SMILES string of the molecule is C[C@H](NC(=O)C1CC1)C(=O)N1CCN(C(=O)CCn2ccc3ccncc32)CC1. The molecule has 2 aromatic heterocycles. The van der Waals surface area contributed by atoms with Crippen molar-refractivity contribution in [3.8, 4) is 0 Å². The molecular weight excluding hydrogens is 370 g/mol. The van der Waals surface area contributed by atoms with Gasteiger partial charge < -0.3 is 19.7 Å². The number of amides is 3. The molecule has 3 amide bonds. The molecule has 1 aliphatic heterocycles. The van der Waals surface area contributed by atoms with E-state index in [9.17, 15) is 14.4 Å². The van der Waals surface area contributed by atoms with Gasteiger partial charge in [-0.25, -0.2) is 0 Å². The van der Waals surface area contributed by atoms with Gasteiger partial charge >= 0.3 is 0 Å². The van der Waals surface area contributed by atoms with Crippen molar-refractivity contribution in [2.24, 2.45) is 5.92 Å². The van der Waals surface area contributed by atoms with Gasteiger partial charge in [0.2, 0.25) is 17.7 Å². The van der Waals surface area contributed by atoms with Gasteiger partial charge in [-0.05, 0) is 31.9 Å². The van der Waals surface area contributed by atoms with E-state index in [4.69, 9.17) is 0 Å². The number of carbonyl (C=O) groups excluding carboxylic acids is 3. The number of piperazine rings is 1. The molecule has 0 spiro atoms. The highest BCUT2D eigenvalue weighted by atomic mass is 16.2. The Labute approximate surface area is 169 Å². The Balaban J connectivity index is 1.24. The van der Waals surface area contributed by atoms with Crippen LogP contribution < -0.4 is 5.32 Å². The Kier molecular flexibility index (Phi) is 5.51. The Bertz CT molecular complexity index is 912. The topological polar surface area (TPSA) is 87.5 Å². The largest absolute Gasteiger partial charge is 0.346 e. The first-order chi connectivity index (χ1) is 14.0. The third-order valence-electron chi connectivity index (χ3n) is 5.76. The maximum Gasteiger partial charge on any atom is 0.244 e. The zero-order valence-electron chi connectivity index (χ0n) is 16.7. The number of hydrogen-bond donors (Lipinski definition) is 1. The summed E-state index contributed by atoms with van der Waals surface area (Å²) < 4.78 is 2.05. The van der Waals surface area contributed by atoms with Gasteiger partial charge in [0.1, 0.15) is 6.04 Å². The lowest BCUT2D eigenvalue weighted by Gasteiger charge is -2.36. The van der Waals surface area contributed by atoms with E-state index in [-0.39, 0.29) is 23.6 Å². The zero-order valence-corrected chi connectivity index (χ0v) is 16.7. The maximum atomic E-state index is 12.6. The van der Waals surface area contributed by atoms with E-state index in [2.05, 4.69) is 10.3 Å². The van der Waals surface area contributed by atoms with Crippen LogP contribution in [0.1, 0.15) is 26.2 Å². The highest BCUT2D eigenvalue weighted by Crippen LogP contribution is 2.28. The van der Waals surface area contributed by atoms with E-state index in [0.29, 0.717) is 39.1 Å². The van der Waals surface area contributed by atoms with E-state index in [1.54, 1.807) is 18.0 Å². The second kappa shape index (κ2) is 8.23. The van der Waals surface area contributed by atoms with Crippen molar-refractivity contribution in [2.75, 3.05) is 26.2 Å². The molecule has 0 bridgehead atoms. The van der Waals surface area contributed by atoms with Crippen LogP contribution in [0.3, 0.4) is 0 Å². The molecule has 1 atom stereocenters. The van der Waals surface area contributed by atoms with E-state index in [1.165, 1.54) is 0 Å². The van der Waals surface area contributed by atoms with Crippen LogP contribution in [-0.4, -0.2) is 69.3 Å². The van der Waals surface area contributed by atoms with Crippen molar-refractivity contribution in [3.05, 3.63) is 30.7 Å². The Morgan fingerprint density at radius 3 is 2.59 bits per heavy atom. The van der Waals surface area contributed by atoms with Crippen LogP contribution in [0.15, 0.2) is 30.7 Å². The molecule has 1 saturated carbocycles. The molecule has 1 N–H and O–H groups in total. The lowest BCUT2D eigenvalue weighted by atomic mass is 10.2. The fourth-order valence-electron chi connectivity index (χ4n) is 3.79. The first-order valence-corrected chi connectivity index (χ1v) is 10.3. The van der Waals surface area contributed by atoms with Crippen LogP contribution in [-0.2, 0) is 20.9 Å². The predicted octanol–water partition coefficient (Wildman–Crippen LogP) is 1.01. The van der Waals surface area contributed by atoms with E-state index in [1.807, 2.05) is 34.0 Å². The first kappa shape index (κ1) is 19.4. The van der Waals surface area contributed by atoms with E-state index >= 15 is 0 Å². The second-order valence-corrected chi connectivity index (χ2v) is 7.90. The quantitative estimate of drug-likeness (QED) is 0.788. The van der Waals surface area contributed by atoms with Crippen LogP contribution in [0.5, 0.6) is 0 Å². The second-order valence-electron chi connectivity index (χ2n) is 7.90. The molecule has 154 valence electrons. The summed E-state index contributed by atoms with van der Waals surface area (Å²) in [4.78, 5) is 44.7. The first-order valence-electron chi connectivity index (χ1n) is 10.3. The molecule has 8 heteroatoms. The number of rotatable bonds is 6. The smallest absolute Gasteiger partial charge is 0.244 e. The number of nitrogens with zero attached hydrogens (tertiary/aromatic N) is 4. The number of carbonyl (C=O) groups is 3. The normalized spacial score (nSPS) is 18.0. The van der Waals surface area contributed by atoms with Crippen molar-refractivity contribution in [3.63, 3.8) is 0 Å². The number of aromatic nitrogens is 2. The van der Waals surface area contributed by atoms with Gasteiger partial charge in [-0.1, -0.05) is 0 Å². The number of nitrogens with one attached hydrogen (secondary N) is 1. The summed E-state index contributed by atoms with van der Waals surface area (Å²) in [6.45, 7) is 4.41. The molecule has 8 nitrogen and oxygen atoms in total. The van der Waals surface area contributed by atoms with E-state index < -0.39 is 6.04 Å². The number of aryl methyl sites for hydroxylation is 1. The maximum absolute atomic E-state index is 12.6. The summed E-state index contributed by atoms with van der Waals surface area (Å²) in [5, 5.41) is 3.92. The average Bonchev–Trinajstić information content (AvgIpc) is 3.52. The van der Waals surface area contributed by atoms with Crippen LogP contribution in [0, 0.1) is 5.92 Å². The molecule has 2 fully saturated rings. The summed E-state index contributed by atoms with van der Waals surface area (Å²) in [5.74, 6) is 0.0932. The lowest BCUT2D eigenvalue weighted by molar-refractivity contribution is -0.141. The zero-order chi connectivity index (χ0) is 20.4. The number of pyridine rings is 1. The van der Waals surface area contributed by atoms with Crippen molar-refractivity contribution >= 4 is 28.6 Å². The minimum Gasteiger partial charge on any atom is -0.346 e. The molecule has 2 aromatic rings. The minimum atomic E-state index is -0.513. The summed E-state index contributed by atoms with van der Waals surface area (Å²) in [6.07, 6.45) is 7.81. The number of fused-ring (bicyclic) bond motifs is 1. The van der Waals surface area contributed by atoms with Crippen LogP contribution in [0.2, 0.25) is 0 Å². The van der Waals surface area contributed by atoms with E-state index in [0.717, 1.165) is 23.7 Å². The van der Waals surface area contributed by atoms with Crippen molar-refractivity contribution in [2.45, 2.75) is 38.8 Å². The van der Waals surface area contributed by atoms with Crippen molar-refractivity contribution in [1.82, 2.24) is 24.7 Å². The van der Waals surface area contributed by atoms with Gasteiger partial charge in [-0.3, -0.25) is 19.4 Å². The summed E-state index contributed by atoms with van der Waals surface area (Å²) >= 11 is 0. The van der Waals surface area contributed by atoms with Crippen LogP contribution in [0.25, 0.3) is 10.9 Å². The van der Waals surface area contributed by atoms with Gasteiger partial charge in [0.15, 0.2) is 0 Å². The molecule has 2 aliphatic rings. The molecule has 3 heterocycles. The predicted molar refractivity (Wildman–Crippen MR) is 108 cm³/mol. The monoisotopic (exact) mass is 397 g/mol. The summed E-state index contributed by atoms with van der Waals surface area (Å²) in [6, 6.07) is 3.47. The standard InChI is InChI=1S/C21H27N5O3/c1-15(23-20(28)17-2-3-17)21(29)26-12-10-25(11-13-26)19(27)6-9-24-8-5-16-4-7-22-14-18(16)24/h4-5,7-8,14-15,17H,2-3,6,9-13H2,1H3,(H,23,28)/t15-/m0/s1. The molecule has 4 rings (SSSR count). The molecule has 29 heavy (non-hydrogen) atoms. The van der Waals surface area contributed by atoms with Gasteiger partial charge in [0, 0.05) is 62.8 Å². The third-order valence-corrected chi connectivity index (χ3v) is 5.76. The number of hydrogen-bond acceptors (Lipinski definition) is 4. The van der Waals surface area contributed by atoms with Crippen LogP contribution in [0.4, 0.5) is 0 Å². The molecule has 0 radical (unpaired) electrons. The Hall–Kier alpha value is -2.90. The Morgan fingerprint density at radius 2 is 1.86 bits per heavy atom. The summed E-state index contributed by atoms with van der Waals surface area (Å²) in [5.41, 5.74) is 1.03. The third kappa shape index (κ3) is 4.41. The van der Waals surface area contributed by atoms with Gasteiger partial charge in [-0.2, -0.15) is 0 Å². The van der Waals surface area contributed by atoms with Crippen LogP contribution >= 0.6 is 0 Å². The average molecular weight is 397 g/mol. The van der Waals surface area contributed by atoms with Crippen molar-refractivity contribution < 1.29 is 14.4 Å². The molecule has 0 aromatic carbocycles. The molecular formula is C21H27N5O3. The highest BCUT2D eigenvalue weighted by molar-refractivity contribution is 5.89. The molecule has 1 aliphatic carbocycles. The molecule has 1 saturated heterocycles. The molecule has 0 unspecified atom stereocenters. The van der Waals surface area contributed by atoms with Gasteiger partial charge in [0.05, 0.1) is 11.7 Å². The Morgan fingerprint density at radius 1 is 1.14 bits per heavy atom. The fourth-order valence-corrected chi connectivity index (χ4v) is 3.79. The van der Waals surface area contributed by atoms with Gasteiger partial charge in [0.25, 0.3) is 0 Å². The lowest BCUT2D eigenvalue weighted by Crippen LogP contribution is -2.55. The van der Waals surface area contributed by atoms with Crippen molar-refractivity contribution in [1.29, 1.82) is 0 Å². The summed E-state index contributed by atoms with van der Waals surface area (Å²) in [7, 11) is 0. The van der Waals surface area contributed by atoms with Gasteiger partial charge in [-0.15, -0.1) is 0 Å². The minimum absolute atomic E-state index is 0.0209. The highest BCUT2D eigenvalue weighted by Gasteiger charge is 2.33. The fraction of sp³-hybridized carbons (Fsp3) is 0.524.